The van der Waals surface area contributed by atoms with Crippen LogP contribution in [0.3, 0.4) is 0 Å². The van der Waals surface area contributed by atoms with E-state index in [1.54, 1.807) is 11.6 Å². The summed E-state index contributed by atoms with van der Waals surface area (Å²) in [7, 11) is 0. The van der Waals surface area contributed by atoms with Crippen molar-refractivity contribution in [3.8, 4) is 0 Å². The SMILES string of the molecule is CC(=O)c1ccc(N2CCN(Cn3cc([N+](=O)[O-])cn3)CC2)cc1. The summed E-state index contributed by atoms with van der Waals surface area (Å²) in [6.45, 7) is 5.54. The number of piperazine rings is 1. The topological polar surface area (TPSA) is 84.5 Å². The lowest BCUT2D eigenvalue weighted by atomic mass is 10.1. The lowest BCUT2D eigenvalue weighted by molar-refractivity contribution is -0.385. The van der Waals surface area contributed by atoms with Gasteiger partial charge in [0.25, 0.3) is 0 Å². The zero-order chi connectivity index (χ0) is 17.1. The van der Waals surface area contributed by atoms with Crippen LogP contribution in [-0.4, -0.2) is 51.6 Å². The van der Waals surface area contributed by atoms with Gasteiger partial charge in [-0.15, -0.1) is 0 Å². The smallest absolute Gasteiger partial charge is 0.307 e. The van der Waals surface area contributed by atoms with Gasteiger partial charge in [0.2, 0.25) is 0 Å². The van der Waals surface area contributed by atoms with Gasteiger partial charge in [0, 0.05) is 37.4 Å². The zero-order valence-electron chi connectivity index (χ0n) is 13.5. The number of carbonyl (C=O) groups is 1. The van der Waals surface area contributed by atoms with Crippen LogP contribution in [-0.2, 0) is 6.67 Å². The Bertz CT molecular complexity index is 732. The molecule has 8 nitrogen and oxygen atoms in total. The van der Waals surface area contributed by atoms with Gasteiger partial charge in [0.1, 0.15) is 12.4 Å². The number of hydrogen-bond donors (Lipinski definition) is 0. The van der Waals surface area contributed by atoms with Gasteiger partial charge in [0.15, 0.2) is 5.78 Å². The van der Waals surface area contributed by atoms with E-state index in [9.17, 15) is 14.9 Å². The molecule has 8 heteroatoms. The lowest BCUT2D eigenvalue weighted by Gasteiger charge is -2.35. The van der Waals surface area contributed by atoms with Crippen molar-refractivity contribution in [2.24, 2.45) is 0 Å². The molecule has 1 saturated heterocycles. The number of nitro groups is 1. The molecule has 3 rings (SSSR count). The standard InChI is InChI=1S/C16H19N5O3/c1-13(22)14-2-4-15(5-3-14)19-8-6-18(7-9-19)12-20-11-16(10-17-20)21(23)24/h2-5,10-11H,6-9,12H2,1H3. The summed E-state index contributed by atoms with van der Waals surface area (Å²) in [5.41, 5.74) is 1.84. The predicted octanol–water partition coefficient (Wildman–Crippen LogP) is 1.77. The van der Waals surface area contributed by atoms with E-state index in [4.69, 9.17) is 0 Å². The highest BCUT2D eigenvalue weighted by atomic mass is 16.6. The molecule has 1 aliphatic rings. The van der Waals surface area contributed by atoms with Crippen molar-refractivity contribution in [1.82, 2.24) is 14.7 Å². The fourth-order valence-corrected chi connectivity index (χ4v) is 2.78. The summed E-state index contributed by atoms with van der Waals surface area (Å²) < 4.78 is 1.59. The number of nitrogens with zero attached hydrogens (tertiary/aromatic N) is 5. The van der Waals surface area contributed by atoms with Crippen molar-refractivity contribution in [3.05, 3.63) is 52.3 Å². The fraction of sp³-hybridized carbons (Fsp3) is 0.375. The third kappa shape index (κ3) is 3.60. The van der Waals surface area contributed by atoms with Gasteiger partial charge in [-0.2, -0.15) is 5.10 Å². The van der Waals surface area contributed by atoms with Crippen LogP contribution in [0, 0.1) is 10.1 Å². The lowest BCUT2D eigenvalue weighted by Crippen LogP contribution is -2.46. The number of rotatable bonds is 5. The quantitative estimate of drug-likeness (QED) is 0.472. The number of carbonyl (C=O) groups excluding carboxylic acids is 1. The first-order chi connectivity index (χ1) is 11.5. The van der Waals surface area contributed by atoms with Crippen molar-refractivity contribution in [3.63, 3.8) is 0 Å². The molecule has 24 heavy (non-hydrogen) atoms. The Balaban J connectivity index is 1.55. The summed E-state index contributed by atoms with van der Waals surface area (Å²) >= 11 is 0. The minimum absolute atomic E-state index is 0.0131. The fourth-order valence-electron chi connectivity index (χ4n) is 2.78. The third-order valence-corrected chi connectivity index (χ3v) is 4.19. The van der Waals surface area contributed by atoms with Gasteiger partial charge in [-0.05, 0) is 31.2 Å². The predicted molar refractivity (Wildman–Crippen MR) is 89.1 cm³/mol. The van der Waals surface area contributed by atoms with Crippen molar-refractivity contribution in [2.45, 2.75) is 13.6 Å². The zero-order valence-corrected chi connectivity index (χ0v) is 13.5. The molecule has 0 amide bonds. The minimum Gasteiger partial charge on any atom is -0.369 e. The molecule has 0 N–H and O–H groups in total. The van der Waals surface area contributed by atoms with E-state index in [1.165, 1.54) is 12.4 Å². The van der Waals surface area contributed by atoms with Gasteiger partial charge >= 0.3 is 5.69 Å². The highest BCUT2D eigenvalue weighted by Crippen LogP contribution is 2.18. The Hall–Kier alpha value is -2.74. The molecule has 2 aromatic rings. The van der Waals surface area contributed by atoms with Crippen LogP contribution in [0.5, 0.6) is 0 Å². The second kappa shape index (κ2) is 6.79. The molecular weight excluding hydrogens is 310 g/mol. The second-order valence-corrected chi connectivity index (χ2v) is 5.84. The van der Waals surface area contributed by atoms with E-state index in [-0.39, 0.29) is 11.5 Å². The highest BCUT2D eigenvalue weighted by Gasteiger charge is 2.18. The summed E-state index contributed by atoms with van der Waals surface area (Å²) in [4.78, 5) is 26.0. The molecule has 0 atom stereocenters. The number of benzene rings is 1. The molecule has 0 unspecified atom stereocenters. The molecule has 1 fully saturated rings. The van der Waals surface area contributed by atoms with E-state index in [0.717, 1.165) is 37.4 Å². The maximum Gasteiger partial charge on any atom is 0.307 e. The Morgan fingerprint density at radius 2 is 1.88 bits per heavy atom. The molecule has 0 radical (unpaired) electrons. The first-order valence-corrected chi connectivity index (χ1v) is 7.78. The monoisotopic (exact) mass is 329 g/mol. The van der Waals surface area contributed by atoms with Crippen molar-refractivity contribution in [1.29, 1.82) is 0 Å². The number of aromatic nitrogens is 2. The highest BCUT2D eigenvalue weighted by molar-refractivity contribution is 5.94. The number of hydrogen-bond acceptors (Lipinski definition) is 6. The van der Waals surface area contributed by atoms with E-state index in [2.05, 4.69) is 14.9 Å². The van der Waals surface area contributed by atoms with E-state index in [0.29, 0.717) is 6.67 Å². The molecule has 1 aromatic heterocycles. The summed E-state index contributed by atoms with van der Waals surface area (Å²) in [6, 6.07) is 7.66. The number of anilines is 1. The van der Waals surface area contributed by atoms with Gasteiger partial charge < -0.3 is 4.90 Å². The van der Waals surface area contributed by atoms with Crippen LogP contribution in [0.2, 0.25) is 0 Å². The second-order valence-electron chi connectivity index (χ2n) is 5.84. The summed E-state index contributed by atoms with van der Waals surface area (Å²) in [5.74, 6) is 0.0692. The Labute approximate surface area is 139 Å². The number of Topliss-reactive ketones (excluding diaryl/α,β-unsaturated/α-hetero) is 1. The Morgan fingerprint density at radius 1 is 1.21 bits per heavy atom. The molecule has 0 saturated carbocycles. The van der Waals surface area contributed by atoms with Crippen LogP contribution >= 0.6 is 0 Å². The summed E-state index contributed by atoms with van der Waals surface area (Å²) in [6.07, 6.45) is 2.72. The van der Waals surface area contributed by atoms with E-state index >= 15 is 0 Å². The Morgan fingerprint density at radius 3 is 2.42 bits per heavy atom. The first-order valence-electron chi connectivity index (χ1n) is 7.78. The normalized spacial score (nSPS) is 15.5. The molecular formula is C16H19N5O3. The molecule has 2 heterocycles. The maximum absolute atomic E-state index is 11.3. The maximum atomic E-state index is 11.3. The average molecular weight is 329 g/mol. The van der Waals surface area contributed by atoms with E-state index in [1.807, 2.05) is 24.3 Å². The van der Waals surface area contributed by atoms with Crippen LogP contribution in [0.15, 0.2) is 36.7 Å². The van der Waals surface area contributed by atoms with Crippen molar-refractivity contribution < 1.29 is 9.72 Å². The molecule has 1 aliphatic heterocycles. The van der Waals surface area contributed by atoms with Crippen molar-refractivity contribution >= 4 is 17.2 Å². The van der Waals surface area contributed by atoms with Crippen molar-refractivity contribution in [2.75, 3.05) is 31.1 Å². The summed E-state index contributed by atoms with van der Waals surface area (Å²) in [5, 5.41) is 14.7. The Kier molecular flexibility index (Phi) is 4.57. The van der Waals surface area contributed by atoms with Crippen LogP contribution < -0.4 is 4.90 Å². The van der Waals surface area contributed by atoms with Gasteiger partial charge in [-0.3, -0.25) is 24.5 Å². The molecule has 0 spiro atoms. The van der Waals surface area contributed by atoms with E-state index < -0.39 is 4.92 Å². The van der Waals surface area contributed by atoms with Gasteiger partial charge in [-0.1, -0.05) is 0 Å². The average Bonchev–Trinajstić information content (AvgIpc) is 3.04. The molecule has 0 aliphatic carbocycles. The van der Waals surface area contributed by atoms with Crippen LogP contribution in [0.1, 0.15) is 17.3 Å². The molecule has 0 bridgehead atoms. The molecule has 1 aromatic carbocycles. The van der Waals surface area contributed by atoms with Crippen LogP contribution in [0.4, 0.5) is 11.4 Å². The third-order valence-electron chi connectivity index (χ3n) is 4.19. The number of ketones is 1. The minimum atomic E-state index is -0.438. The largest absolute Gasteiger partial charge is 0.369 e. The molecule has 126 valence electrons. The first kappa shape index (κ1) is 16.1. The van der Waals surface area contributed by atoms with Crippen LogP contribution in [0.25, 0.3) is 0 Å². The van der Waals surface area contributed by atoms with Gasteiger partial charge in [0.05, 0.1) is 11.6 Å². The van der Waals surface area contributed by atoms with Gasteiger partial charge in [-0.25, -0.2) is 0 Å².